The van der Waals surface area contributed by atoms with E-state index < -0.39 is 27.8 Å². The van der Waals surface area contributed by atoms with Crippen molar-refractivity contribution in [1.82, 2.24) is 4.72 Å². The zero-order valence-electron chi connectivity index (χ0n) is 21.3. The number of amides is 1. The average molecular weight is 631 g/mol. The number of carbonyl (C=O) groups excluding carboxylic acids is 1. The molecule has 1 amide bonds. The van der Waals surface area contributed by atoms with Crippen LogP contribution in [0.3, 0.4) is 0 Å². The Labute approximate surface area is 252 Å². The third-order valence-electron chi connectivity index (χ3n) is 7.19. The van der Waals surface area contributed by atoms with Crippen LogP contribution in [0.25, 0.3) is 0 Å². The van der Waals surface area contributed by atoms with Crippen LogP contribution in [0, 0.1) is 5.92 Å². The molecule has 4 aromatic carbocycles. The van der Waals surface area contributed by atoms with Gasteiger partial charge in [0.05, 0.1) is 10.8 Å². The maximum Gasteiger partial charge on any atom is 0.264 e. The Bertz CT molecular complexity index is 1740. The van der Waals surface area contributed by atoms with Gasteiger partial charge >= 0.3 is 0 Å². The molecule has 4 aromatic rings. The van der Waals surface area contributed by atoms with E-state index in [-0.39, 0.29) is 24.7 Å². The van der Waals surface area contributed by atoms with Crippen LogP contribution in [0.2, 0.25) is 15.1 Å². The van der Waals surface area contributed by atoms with Crippen molar-refractivity contribution < 1.29 is 27.4 Å². The summed E-state index contributed by atoms with van der Waals surface area (Å²) in [5.41, 5.74) is 2.93. The van der Waals surface area contributed by atoms with E-state index in [2.05, 4.69) is 4.72 Å². The van der Waals surface area contributed by atoms with E-state index in [0.29, 0.717) is 43.4 Å². The quantitative estimate of drug-likeness (QED) is 0.243. The van der Waals surface area contributed by atoms with E-state index in [1.807, 2.05) is 12.1 Å². The summed E-state index contributed by atoms with van der Waals surface area (Å²) < 4.78 is 45.4. The summed E-state index contributed by atoms with van der Waals surface area (Å²) in [4.78, 5) is 13.6. The molecular formula is C30H22Cl3NO6S. The van der Waals surface area contributed by atoms with Crippen molar-refractivity contribution in [3.8, 4) is 17.2 Å². The molecule has 1 aliphatic carbocycles. The minimum absolute atomic E-state index is 0.00422. The van der Waals surface area contributed by atoms with Gasteiger partial charge in [0, 0.05) is 32.6 Å². The lowest BCUT2D eigenvalue weighted by Gasteiger charge is -2.22. The van der Waals surface area contributed by atoms with E-state index in [0.717, 1.165) is 11.1 Å². The number of nitrogens with one attached hydrogen (secondary N) is 1. The summed E-state index contributed by atoms with van der Waals surface area (Å²) in [5.74, 6) is -0.418. The summed E-state index contributed by atoms with van der Waals surface area (Å²) >= 11 is 19.3. The molecule has 0 fully saturated rings. The molecule has 2 aliphatic rings. The molecular weight excluding hydrogens is 609 g/mol. The first-order valence-corrected chi connectivity index (χ1v) is 15.2. The van der Waals surface area contributed by atoms with Crippen LogP contribution in [-0.4, -0.2) is 21.1 Å². The normalized spacial score (nSPS) is 17.2. The predicted molar refractivity (Wildman–Crippen MR) is 156 cm³/mol. The lowest BCUT2D eigenvalue weighted by atomic mass is 9.85. The van der Waals surface area contributed by atoms with Gasteiger partial charge < -0.3 is 14.2 Å². The molecule has 0 aromatic heterocycles. The first-order chi connectivity index (χ1) is 19.7. The van der Waals surface area contributed by atoms with E-state index in [1.165, 1.54) is 12.1 Å². The van der Waals surface area contributed by atoms with Crippen LogP contribution in [0.5, 0.6) is 17.2 Å². The maximum atomic E-state index is 13.7. The number of rotatable bonds is 7. The Morgan fingerprint density at radius 2 is 1.56 bits per heavy atom. The number of sulfonamides is 1. The molecule has 6 rings (SSSR count). The average Bonchev–Trinajstić information content (AvgIpc) is 3.56. The van der Waals surface area contributed by atoms with Crippen molar-refractivity contribution in [3.63, 3.8) is 0 Å². The summed E-state index contributed by atoms with van der Waals surface area (Å²) in [7, 11) is -4.09. The monoisotopic (exact) mass is 629 g/mol. The fourth-order valence-electron chi connectivity index (χ4n) is 5.22. The lowest BCUT2D eigenvalue weighted by molar-refractivity contribution is -0.123. The topological polar surface area (TPSA) is 90.9 Å². The van der Waals surface area contributed by atoms with Crippen molar-refractivity contribution in [2.75, 3.05) is 6.79 Å². The first kappa shape index (κ1) is 27.7. The smallest absolute Gasteiger partial charge is 0.264 e. The molecule has 0 spiro atoms. The second kappa shape index (κ2) is 11.1. The molecule has 0 saturated carbocycles. The SMILES string of the molecule is O=C(NS(=O)(=O)c1ccccc1)C1Cc2cc(OCc3c(Cl)cccc3Cl)ccc2C1c1cc2c(cc1Cl)OCO2. The zero-order valence-corrected chi connectivity index (χ0v) is 24.4. The van der Waals surface area contributed by atoms with Crippen molar-refractivity contribution in [3.05, 3.63) is 116 Å². The summed E-state index contributed by atoms with van der Waals surface area (Å²) in [6.45, 7) is 0.208. The molecule has 0 bridgehead atoms. The summed E-state index contributed by atoms with van der Waals surface area (Å²) in [6.07, 6.45) is 0.255. The number of ether oxygens (including phenoxy) is 3. The van der Waals surface area contributed by atoms with Gasteiger partial charge in [-0.3, -0.25) is 4.79 Å². The Morgan fingerprint density at radius 1 is 0.854 bits per heavy atom. The van der Waals surface area contributed by atoms with Gasteiger partial charge in [-0.25, -0.2) is 13.1 Å². The molecule has 1 N–H and O–H groups in total. The number of carbonyl (C=O) groups is 1. The highest BCUT2D eigenvalue weighted by atomic mass is 35.5. The van der Waals surface area contributed by atoms with E-state index in [1.54, 1.807) is 54.6 Å². The first-order valence-electron chi connectivity index (χ1n) is 12.6. The van der Waals surface area contributed by atoms with Crippen LogP contribution >= 0.6 is 34.8 Å². The van der Waals surface area contributed by atoms with Gasteiger partial charge in [-0.05, 0) is 65.6 Å². The Morgan fingerprint density at radius 3 is 2.29 bits per heavy atom. The van der Waals surface area contributed by atoms with E-state index >= 15 is 0 Å². The molecule has 2 unspecified atom stereocenters. The van der Waals surface area contributed by atoms with Crippen LogP contribution in [0.15, 0.2) is 83.8 Å². The Kier molecular flexibility index (Phi) is 7.50. The van der Waals surface area contributed by atoms with Gasteiger partial charge in [-0.15, -0.1) is 0 Å². The largest absolute Gasteiger partial charge is 0.489 e. The van der Waals surface area contributed by atoms with Crippen molar-refractivity contribution >= 4 is 50.7 Å². The van der Waals surface area contributed by atoms with Crippen molar-refractivity contribution in [1.29, 1.82) is 0 Å². The highest BCUT2D eigenvalue weighted by Crippen LogP contribution is 2.49. The highest BCUT2D eigenvalue weighted by Gasteiger charge is 2.41. The van der Waals surface area contributed by atoms with Gasteiger partial charge in [0.15, 0.2) is 11.5 Å². The molecule has 41 heavy (non-hydrogen) atoms. The maximum absolute atomic E-state index is 13.7. The third-order valence-corrected chi connectivity index (χ3v) is 9.59. The van der Waals surface area contributed by atoms with Crippen molar-refractivity contribution in [2.45, 2.75) is 23.8 Å². The fraction of sp³-hybridized carbons (Fsp3) is 0.167. The fourth-order valence-corrected chi connectivity index (χ4v) is 7.04. The molecule has 11 heteroatoms. The van der Waals surface area contributed by atoms with Gasteiger partial charge in [-0.2, -0.15) is 0 Å². The number of hydrogen-bond acceptors (Lipinski definition) is 6. The van der Waals surface area contributed by atoms with Gasteiger partial charge in [0.1, 0.15) is 12.4 Å². The second-order valence-electron chi connectivity index (χ2n) is 9.65. The minimum atomic E-state index is -4.09. The van der Waals surface area contributed by atoms with Crippen LogP contribution in [-0.2, 0) is 27.8 Å². The van der Waals surface area contributed by atoms with Crippen LogP contribution < -0.4 is 18.9 Å². The minimum Gasteiger partial charge on any atom is -0.489 e. The van der Waals surface area contributed by atoms with Crippen molar-refractivity contribution in [2.24, 2.45) is 5.92 Å². The Balaban J connectivity index is 1.34. The van der Waals surface area contributed by atoms with E-state index in [4.69, 9.17) is 49.0 Å². The molecule has 0 saturated heterocycles. The summed E-state index contributed by atoms with van der Waals surface area (Å²) in [5, 5.41) is 1.37. The second-order valence-corrected chi connectivity index (χ2v) is 12.6. The molecule has 210 valence electrons. The van der Waals surface area contributed by atoms with Gasteiger partial charge in [0.25, 0.3) is 10.0 Å². The molecule has 0 radical (unpaired) electrons. The Hall–Kier alpha value is -3.43. The van der Waals surface area contributed by atoms with Gasteiger partial charge in [-0.1, -0.05) is 65.1 Å². The molecule has 2 atom stereocenters. The number of halogens is 3. The van der Waals surface area contributed by atoms with Gasteiger partial charge in [0.2, 0.25) is 12.7 Å². The third kappa shape index (κ3) is 5.45. The molecule has 1 aliphatic heterocycles. The highest BCUT2D eigenvalue weighted by molar-refractivity contribution is 7.90. The standard InChI is InChI=1S/C30H22Cl3NO6S/c31-24-7-4-8-25(32)23(24)15-38-18-9-10-20-17(11-18)12-22(30(35)34-41(36,37)19-5-2-1-3-6-19)29(20)21-13-27-28(14-26(21)33)40-16-39-27/h1-11,13-14,22,29H,12,15-16H2,(H,34,35). The number of benzene rings is 4. The number of fused-ring (bicyclic) bond motifs is 2. The van der Waals surface area contributed by atoms with E-state index in [9.17, 15) is 13.2 Å². The molecule has 1 heterocycles. The lowest BCUT2D eigenvalue weighted by Crippen LogP contribution is -2.37. The number of hydrogen-bond donors (Lipinski definition) is 1. The zero-order chi connectivity index (χ0) is 28.7. The molecule has 7 nitrogen and oxygen atoms in total. The summed E-state index contributed by atoms with van der Waals surface area (Å²) in [6, 6.07) is 21.9. The predicted octanol–water partition coefficient (Wildman–Crippen LogP) is 6.76. The van der Waals surface area contributed by atoms with Crippen LogP contribution in [0.4, 0.5) is 0 Å². The van der Waals surface area contributed by atoms with Crippen LogP contribution in [0.1, 0.15) is 28.2 Å².